The van der Waals surface area contributed by atoms with Crippen LogP contribution < -0.4 is 10.2 Å². The Morgan fingerprint density at radius 3 is 2.68 bits per heavy atom. The summed E-state index contributed by atoms with van der Waals surface area (Å²) in [7, 11) is 0. The van der Waals surface area contributed by atoms with Crippen LogP contribution in [0.5, 0.6) is 0 Å². The first kappa shape index (κ1) is 16.9. The van der Waals surface area contributed by atoms with Crippen LogP contribution in [0, 0.1) is 11.3 Å². The van der Waals surface area contributed by atoms with Crippen molar-refractivity contribution in [2.45, 2.75) is 13.0 Å². The van der Waals surface area contributed by atoms with Gasteiger partial charge in [-0.1, -0.05) is 12.1 Å². The summed E-state index contributed by atoms with van der Waals surface area (Å²) in [6, 6.07) is 10.7. The van der Waals surface area contributed by atoms with Gasteiger partial charge in [-0.05, 0) is 24.6 Å². The van der Waals surface area contributed by atoms with Gasteiger partial charge in [0.1, 0.15) is 17.8 Å². The third-order valence-electron chi connectivity index (χ3n) is 4.11. The van der Waals surface area contributed by atoms with E-state index in [1.54, 1.807) is 18.2 Å². The number of benzene rings is 1. The van der Waals surface area contributed by atoms with Crippen molar-refractivity contribution >= 4 is 11.7 Å². The van der Waals surface area contributed by atoms with E-state index in [0.717, 1.165) is 24.5 Å². The van der Waals surface area contributed by atoms with Crippen molar-refractivity contribution in [3.8, 4) is 6.07 Å². The molecule has 1 aromatic carbocycles. The van der Waals surface area contributed by atoms with Gasteiger partial charge in [-0.3, -0.25) is 4.79 Å². The van der Waals surface area contributed by atoms with Crippen molar-refractivity contribution in [3.05, 3.63) is 53.5 Å². The van der Waals surface area contributed by atoms with E-state index in [-0.39, 0.29) is 11.9 Å². The Balaban J connectivity index is 1.68. The number of nitriles is 1. The molecule has 128 valence electrons. The lowest BCUT2D eigenvalue weighted by molar-refractivity contribution is 0.0934. The number of nitrogens with one attached hydrogen (secondary N) is 1. The lowest BCUT2D eigenvalue weighted by atomic mass is 10.1. The maximum atomic E-state index is 12.5. The highest BCUT2D eigenvalue weighted by Gasteiger charge is 2.17. The first-order valence-corrected chi connectivity index (χ1v) is 8.13. The number of hydrogen-bond donors (Lipinski definition) is 1. The molecule has 1 aromatic heterocycles. The van der Waals surface area contributed by atoms with E-state index in [2.05, 4.69) is 26.3 Å². The Morgan fingerprint density at radius 2 is 2.00 bits per heavy atom. The highest BCUT2D eigenvalue weighted by atomic mass is 16.5. The number of hydrogen-bond acceptors (Lipinski definition) is 6. The minimum atomic E-state index is -0.256. The summed E-state index contributed by atoms with van der Waals surface area (Å²) < 4.78 is 5.33. The fraction of sp³-hybridized carbons (Fsp3) is 0.333. The SMILES string of the molecule is CC(NC(=O)c1cc(N2CCOCC2)ncn1)c1ccc(C#N)cc1. The molecule has 25 heavy (non-hydrogen) atoms. The lowest BCUT2D eigenvalue weighted by Crippen LogP contribution is -2.37. The van der Waals surface area contributed by atoms with Crippen molar-refractivity contribution in [2.75, 3.05) is 31.2 Å². The Hall–Kier alpha value is -2.98. The van der Waals surface area contributed by atoms with Crippen LogP contribution in [0.25, 0.3) is 0 Å². The lowest BCUT2D eigenvalue weighted by Gasteiger charge is -2.27. The predicted molar refractivity (Wildman–Crippen MR) is 92.1 cm³/mol. The van der Waals surface area contributed by atoms with Gasteiger partial charge in [0.2, 0.25) is 0 Å². The zero-order chi connectivity index (χ0) is 17.6. The van der Waals surface area contributed by atoms with E-state index >= 15 is 0 Å². The number of morpholine rings is 1. The maximum Gasteiger partial charge on any atom is 0.270 e. The number of carbonyl (C=O) groups excluding carboxylic acids is 1. The van der Waals surface area contributed by atoms with E-state index in [1.165, 1.54) is 6.33 Å². The average Bonchev–Trinajstić information content (AvgIpc) is 2.68. The first-order chi connectivity index (χ1) is 12.2. The third kappa shape index (κ3) is 4.11. The summed E-state index contributed by atoms with van der Waals surface area (Å²) in [6.45, 7) is 4.70. The van der Waals surface area contributed by atoms with E-state index in [4.69, 9.17) is 10.00 Å². The molecule has 1 atom stereocenters. The van der Waals surface area contributed by atoms with Crippen molar-refractivity contribution in [1.82, 2.24) is 15.3 Å². The normalized spacial score (nSPS) is 15.3. The number of ether oxygens (including phenoxy) is 1. The minimum Gasteiger partial charge on any atom is -0.378 e. The fourth-order valence-electron chi connectivity index (χ4n) is 2.64. The van der Waals surface area contributed by atoms with Crippen LogP contribution in [0.1, 0.15) is 34.6 Å². The number of amides is 1. The number of carbonyl (C=O) groups is 1. The Morgan fingerprint density at radius 1 is 1.28 bits per heavy atom. The van der Waals surface area contributed by atoms with Crippen LogP contribution in [0.2, 0.25) is 0 Å². The van der Waals surface area contributed by atoms with E-state index in [0.29, 0.717) is 24.5 Å². The molecule has 1 unspecified atom stereocenters. The molecule has 3 rings (SSSR count). The molecule has 7 heteroatoms. The van der Waals surface area contributed by atoms with Gasteiger partial charge in [-0.15, -0.1) is 0 Å². The molecule has 0 saturated carbocycles. The van der Waals surface area contributed by atoms with Crippen LogP contribution in [-0.2, 0) is 4.74 Å². The number of anilines is 1. The van der Waals surface area contributed by atoms with E-state index < -0.39 is 0 Å². The zero-order valence-corrected chi connectivity index (χ0v) is 14.0. The molecular formula is C18H19N5O2. The van der Waals surface area contributed by atoms with Gasteiger partial charge >= 0.3 is 0 Å². The van der Waals surface area contributed by atoms with Crippen molar-refractivity contribution < 1.29 is 9.53 Å². The van der Waals surface area contributed by atoms with Gasteiger partial charge < -0.3 is 15.0 Å². The van der Waals surface area contributed by atoms with Crippen molar-refractivity contribution in [1.29, 1.82) is 5.26 Å². The number of aromatic nitrogens is 2. The maximum absolute atomic E-state index is 12.5. The van der Waals surface area contributed by atoms with E-state index in [1.807, 2.05) is 19.1 Å². The largest absolute Gasteiger partial charge is 0.378 e. The summed E-state index contributed by atoms with van der Waals surface area (Å²) in [5.74, 6) is 0.475. The molecule has 0 aliphatic carbocycles. The van der Waals surface area contributed by atoms with Crippen molar-refractivity contribution in [2.24, 2.45) is 0 Å². The first-order valence-electron chi connectivity index (χ1n) is 8.13. The molecular weight excluding hydrogens is 318 g/mol. The van der Waals surface area contributed by atoms with Gasteiger partial charge in [0.15, 0.2) is 0 Å². The average molecular weight is 337 g/mol. The molecule has 1 N–H and O–H groups in total. The second-order valence-corrected chi connectivity index (χ2v) is 5.79. The minimum absolute atomic E-state index is 0.193. The van der Waals surface area contributed by atoms with Crippen LogP contribution in [0.4, 0.5) is 5.82 Å². The molecule has 0 bridgehead atoms. The summed E-state index contributed by atoms with van der Waals surface area (Å²) in [6.07, 6.45) is 1.41. The molecule has 1 fully saturated rings. The topological polar surface area (TPSA) is 91.1 Å². The smallest absolute Gasteiger partial charge is 0.270 e. The zero-order valence-electron chi connectivity index (χ0n) is 14.0. The molecule has 0 spiro atoms. The highest BCUT2D eigenvalue weighted by Crippen LogP contribution is 2.16. The predicted octanol–water partition coefficient (Wildman–Crippen LogP) is 1.68. The van der Waals surface area contributed by atoms with Gasteiger partial charge in [0.25, 0.3) is 5.91 Å². The molecule has 7 nitrogen and oxygen atoms in total. The summed E-state index contributed by atoms with van der Waals surface area (Å²) in [4.78, 5) is 22.9. The molecule has 0 radical (unpaired) electrons. The van der Waals surface area contributed by atoms with Gasteiger partial charge in [0.05, 0.1) is 30.9 Å². The van der Waals surface area contributed by atoms with E-state index in [9.17, 15) is 4.79 Å². The van der Waals surface area contributed by atoms with Crippen LogP contribution in [-0.4, -0.2) is 42.2 Å². The van der Waals surface area contributed by atoms with Gasteiger partial charge in [-0.2, -0.15) is 5.26 Å². The second kappa shape index (κ2) is 7.73. The highest BCUT2D eigenvalue weighted by molar-refractivity contribution is 5.93. The monoisotopic (exact) mass is 337 g/mol. The fourth-order valence-corrected chi connectivity index (χ4v) is 2.64. The van der Waals surface area contributed by atoms with Crippen molar-refractivity contribution in [3.63, 3.8) is 0 Å². The second-order valence-electron chi connectivity index (χ2n) is 5.79. The Labute approximate surface area is 146 Å². The summed E-state index contributed by atoms with van der Waals surface area (Å²) in [5, 5.41) is 11.8. The standard InChI is InChI=1S/C18H19N5O2/c1-13(15-4-2-14(11-19)3-5-15)22-18(24)16-10-17(21-12-20-16)23-6-8-25-9-7-23/h2-5,10,12-13H,6-9H2,1H3,(H,22,24). The molecule has 2 aromatic rings. The number of rotatable bonds is 4. The summed E-state index contributed by atoms with van der Waals surface area (Å²) >= 11 is 0. The van der Waals surface area contributed by atoms with Gasteiger partial charge in [0, 0.05) is 19.2 Å². The molecule has 2 heterocycles. The quantitative estimate of drug-likeness (QED) is 0.913. The molecule has 1 amide bonds. The van der Waals surface area contributed by atoms with Crippen LogP contribution in [0.15, 0.2) is 36.7 Å². The van der Waals surface area contributed by atoms with Crippen LogP contribution in [0.3, 0.4) is 0 Å². The van der Waals surface area contributed by atoms with Crippen LogP contribution >= 0.6 is 0 Å². The van der Waals surface area contributed by atoms with Gasteiger partial charge in [-0.25, -0.2) is 9.97 Å². The Kier molecular flexibility index (Phi) is 5.21. The third-order valence-corrected chi connectivity index (χ3v) is 4.11. The molecule has 1 aliphatic rings. The molecule has 1 aliphatic heterocycles. The Bertz CT molecular complexity index is 779. The summed E-state index contributed by atoms with van der Waals surface area (Å²) in [5.41, 5.74) is 1.85. The number of nitrogens with zero attached hydrogens (tertiary/aromatic N) is 4. The molecule has 1 saturated heterocycles.